The molecule has 5 heteroatoms. The molecule has 1 fully saturated rings. The summed E-state index contributed by atoms with van der Waals surface area (Å²) >= 11 is 0. The summed E-state index contributed by atoms with van der Waals surface area (Å²) in [5.41, 5.74) is 8.45. The van der Waals surface area contributed by atoms with Crippen LogP contribution in [0.1, 0.15) is 31.4 Å². The predicted molar refractivity (Wildman–Crippen MR) is 85.4 cm³/mol. The van der Waals surface area contributed by atoms with Gasteiger partial charge in [0.15, 0.2) is 0 Å². The lowest BCUT2D eigenvalue weighted by molar-refractivity contribution is -0.118. The molecule has 22 heavy (non-hydrogen) atoms. The van der Waals surface area contributed by atoms with Crippen molar-refractivity contribution < 1.29 is 4.79 Å². The number of fused-ring (bicyclic) bond motifs is 1. The molecule has 0 saturated heterocycles. The van der Waals surface area contributed by atoms with E-state index in [0.29, 0.717) is 0 Å². The Bertz CT molecular complexity index is 713. The number of aromatic nitrogens is 2. The molecule has 0 bridgehead atoms. The lowest BCUT2D eigenvalue weighted by Crippen LogP contribution is -2.37. The Hall–Kier alpha value is -2.14. The van der Waals surface area contributed by atoms with Gasteiger partial charge in [0.2, 0.25) is 5.91 Å². The van der Waals surface area contributed by atoms with Crippen molar-refractivity contribution in [2.75, 3.05) is 5.32 Å². The standard InChI is InChI=1S/C17H20N4O/c18-17(8-9-17)16(22)20-13-6-4-12(5-7-13)15-19-11-14-3-1-2-10-21(14)15/h4-7,11H,1-3,8-10,18H2,(H,20,22). The summed E-state index contributed by atoms with van der Waals surface area (Å²) in [5.74, 6) is 0.934. The van der Waals surface area contributed by atoms with Crippen molar-refractivity contribution in [2.45, 2.75) is 44.2 Å². The number of anilines is 1. The molecule has 4 rings (SSSR count). The normalized spacial score (nSPS) is 18.6. The van der Waals surface area contributed by atoms with Crippen molar-refractivity contribution in [3.8, 4) is 11.4 Å². The molecule has 1 aromatic carbocycles. The first kappa shape index (κ1) is 13.5. The van der Waals surface area contributed by atoms with E-state index >= 15 is 0 Å². The number of nitrogens with one attached hydrogen (secondary N) is 1. The van der Waals surface area contributed by atoms with Crippen LogP contribution in [-0.2, 0) is 17.8 Å². The highest BCUT2D eigenvalue weighted by Crippen LogP contribution is 2.33. The molecule has 0 unspecified atom stereocenters. The van der Waals surface area contributed by atoms with E-state index in [9.17, 15) is 4.79 Å². The number of aryl methyl sites for hydroxylation is 1. The van der Waals surface area contributed by atoms with Gasteiger partial charge in [-0.2, -0.15) is 0 Å². The Morgan fingerprint density at radius 3 is 2.73 bits per heavy atom. The van der Waals surface area contributed by atoms with E-state index in [1.807, 2.05) is 30.5 Å². The van der Waals surface area contributed by atoms with Gasteiger partial charge >= 0.3 is 0 Å². The van der Waals surface area contributed by atoms with Gasteiger partial charge in [0, 0.05) is 29.7 Å². The fraction of sp³-hybridized carbons (Fsp3) is 0.412. The second-order valence-electron chi connectivity index (χ2n) is 6.37. The number of nitrogens with two attached hydrogens (primary N) is 1. The average Bonchev–Trinajstić information content (AvgIpc) is 3.15. The minimum absolute atomic E-state index is 0.0848. The van der Waals surface area contributed by atoms with E-state index in [-0.39, 0.29) is 5.91 Å². The maximum absolute atomic E-state index is 11.9. The zero-order valence-corrected chi connectivity index (χ0v) is 12.5. The van der Waals surface area contributed by atoms with E-state index in [1.165, 1.54) is 18.5 Å². The number of imidazole rings is 1. The van der Waals surface area contributed by atoms with E-state index in [0.717, 1.165) is 42.9 Å². The lowest BCUT2D eigenvalue weighted by atomic mass is 10.1. The maximum atomic E-state index is 11.9. The summed E-state index contributed by atoms with van der Waals surface area (Å²) in [4.78, 5) is 16.5. The third-order valence-corrected chi connectivity index (χ3v) is 4.64. The third kappa shape index (κ3) is 2.31. The molecule has 0 atom stereocenters. The Morgan fingerprint density at radius 1 is 1.23 bits per heavy atom. The second kappa shape index (κ2) is 4.95. The lowest BCUT2D eigenvalue weighted by Gasteiger charge is -2.16. The summed E-state index contributed by atoms with van der Waals surface area (Å²) < 4.78 is 2.30. The highest BCUT2D eigenvalue weighted by atomic mass is 16.2. The van der Waals surface area contributed by atoms with Crippen LogP contribution in [0.5, 0.6) is 0 Å². The molecule has 5 nitrogen and oxygen atoms in total. The first-order valence-corrected chi connectivity index (χ1v) is 7.91. The molecule has 1 aromatic heterocycles. The number of benzene rings is 1. The molecule has 2 aromatic rings. The maximum Gasteiger partial charge on any atom is 0.244 e. The van der Waals surface area contributed by atoms with Crippen molar-refractivity contribution in [3.63, 3.8) is 0 Å². The van der Waals surface area contributed by atoms with Crippen molar-refractivity contribution in [1.29, 1.82) is 0 Å². The summed E-state index contributed by atoms with van der Waals surface area (Å²) in [5, 5.41) is 2.89. The molecule has 1 saturated carbocycles. The van der Waals surface area contributed by atoms with Gasteiger partial charge < -0.3 is 15.6 Å². The van der Waals surface area contributed by atoms with Crippen LogP contribution in [-0.4, -0.2) is 21.0 Å². The van der Waals surface area contributed by atoms with Gasteiger partial charge in [-0.05, 0) is 56.4 Å². The van der Waals surface area contributed by atoms with Crippen LogP contribution in [0.3, 0.4) is 0 Å². The number of carbonyl (C=O) groups is 1. The van der Waals surface area contributed by atoms with E-state index < -0.39 is 5.54 Å². The zero-order chi connectivity index (χ0) is 15.2. The van der Waals surface area contributed by atoms with Crippen LogP contribution < -0.4 is 11.1 Å². The summed E-state index contributed by atoms with van der Waals surface area (Å²) in [6.07, 6.45) is 7.10. The molecule has 1 aliphatic carbocycles. The Kier molecular flexibility index (Phi) is 3.04. The average molecular weight is 296 g/mol. The number of nitrogens with zero attached hydrogens (tertiary/aromatic N) is 2. The minimum atomic E-state index is -0.638. The molecular weight excluding hydrogens is 276 g/mol. The minimum Gasteiger partial charge on any atom is -0.328 e. The third-order valence-electron chi connectivity index (χ3n) is 4.64. The number of hydrogen-bond acceptors (Lipinski definition) is 3. The number of hydrogen-bond donors (Lipinski definition) is 2. The van der Waals surface area contributed by atoms with Gasteiger partial charge in [-0.25, -0.2) is 4.98 Å². The van der Waals surface area contributed by atoms with Crippen molar-refractivity contribution in [1.82, 2.24) is 9.55 Å². The van der Waals surface area contributed by atoms with Gasteiger partial charge in [-0.3, -0.25) is 4.79 Å². The fourth-order valence-corrected chi connectivity index (χ4v) is 2.99. The van der Waals surface area contributed by atoms with Crippen molar-refractivity contribution in [2.24, 2.45) is 5.73 Å². The van der Waals surface area contributed by atoms with Crippen LogP contribution in [0, 0.1) is 0 Å². The van der Waals surface area contributed by atoms with Crippen LogP contribution >= 0.6 is 0 Å². The van der Waals surface area contributed by atoms with Crippen molar-refractivity contribution in [3.05, 3.63) is 36.2 Å². The molecule has 2 aliphatic rings. The monoisotopic (exact) mass is 296 g/mol. The molecule has 0 radical (unpaired) electrons. The fourth-order valence-electron chi connectivity index (χ4n) is 2.99. The second-order valence-corrected chi connectivity index (χ2v) is 6.37. The Labute approximate surface area is 129 Å². The number of carbonyl (C=O) groups excluding carboxylic acids is 1. The number of rotatable bonds is 3. The van der Waals surface area contributed by atoms with Crippen LogP contribution in [0.25, 0.3) is 11.4 Å². The molecule has 3 N–H and O–H groups in total. The smallest absolute Gasteiger partial charge is 0.244 e. The van der Waals surface area contributed by atoms with E-state index in [1.54, 1.807) is 0 Å². The predicted octanol–water partition coefficient (Wildman–Crippen LogP) is 2.32. The largest absolute Gasteiger partial charge is 0.328 e. The van der Waals surface area contributed by atoms with E-state index in [4.69, 9.17) is 5.73 Å². The Morgan fingerprint density at radius 2 is 2.00 bits per heavy atom. The summed E-state index contributed by atoms with van der Waals surface area (Å²) in [7, 11) is 0. The van der Waals surface area contributed by atoms with Crippen LogP contribution in [0.4, 0.5) is 5.69 Å². The molecule has 114 valence electrons. The van der Waals surface area contributed by atoms with Crippen LogP contribution in [0.15, 0.2) is 30.5 Å². The SMILES string of the molecule is NC1(C(=O)Nc2ccc(-c3ncc4n3CCCC4)cc2)CC1. The highest BCUT2D eigenvalue weighted by Gasteiger charge is 2.45. The van der Waals surface area contributed by atoms with Gasteiger partial charge in [-0.1, -0.05) is 0 Å². The molecule has 1 amide bonds. The van der Waals surface area contributed by atoms with E-state index in [2.05, 4.69) is 14.9 Å². The van der Waals surface area contributed by atoms with Gasteiger partial charge in [0.25, 0.3) is 0 Å². The summed E-state index contributed by atoms with van der Waals surface area (Å²) in [6, 6.07) is 7.86. The van der Waals surface area contributed by atoms with Crippen LogP contribution in [0.2, 0.25) is 0 Å². The zero-order valence-electron chi connectivity index (χ0n) is 12.5. The first-order valence-electron chi connectivity index (χ1n) is 7.91. The molecule has 2 heterocycles. The van der Waals surface area contributed by atoms with Crippen molar-refractivity contribution >= 4 is 11.6 Å². The molecular formula is C17H20N4O. The first-order chi connectivity index (χ1) is 10.7. The highest BCUT2D eigenvalue weighted by molar-refractivity contribution is 6.00. The van der Waals surface area contributed by atoms with Gasteiger partial charge in [-0.15, -0.1) is 0 Å². The Balaban J connectivity index is 1.54. The quantitative estimate of drug-likeness (QED) is 0.913. The molecule has 1 aliphatic heterocycles. The van der Waals surface area contributed by atoms with Gasteiger partial charge in [0.05, 0.1) is 5.54 Å². The summed E-state index contributed by atoms with van der Waals surface area (Å²) in [6.45, 7) is 1.04. The van der Waals surface area contributed by atoms with Gasteiger partial charge in [0.1, 0.15) is 5.82 Å². The molecule has 0 spiro atoms. The topological polar surface area (TPSA) is 72.9 Å². The number of amides is 1.